The smallest absolute Gasteiger partial charge is 0.180 e. The first-order chi connectivity index (χ1) is 8.20. The molecule has 0 fully saturated rings. The lowest BCUT2D eigenvalue weighted by molar-refractivity contribution is 0.511. The molecule has 0 saturated heterocycles. The molecule has 0 saturated carbocycles. The number of nitriles is 1. The summed E-state index contributed by atoms with van der Waals surface area (Å²) >= 11 is 0. The Morgan fingerprint density at radius 2 is 2.35 bits per heavy atom. The van der Waals surface area contributed by atoms with Crippen molar-refractivity contribution >= 4 is 5.69 Å². The molecule has 2 rings (SSSR count). The number of oxazole rings is 1. The van der Waals surface area contributed by atoms with Crippen molar-refractivity contribution in [3.8, 4) is 6.07 Å². The Hall–Kier alpha value is -2.35. The maximum Gasteiger partial charge on any atom is 0.180 e. The van der Waals surface area contributed by atoms with Gasteiger partial charge in [-0.15, -0.1) is 0 Å². The van der Waals surface area contributed by atoms with Crippen LogP contribution in [0.5, 0.6) is 0 Å². The zero-order valence-electron chi connectivity index (χ0n) is 9.20. The average molecular weight is 231 g/mol. The fraction of sp³-hybridized carbons (Fsp3) is 0.167. The van der Waals surface area contributed by atoms with Gasteiger partial charge in [-0.3, -0.25) is 0 Å². The lowest BCUT2D eigenvalue weighted by Crippen LogP contribution is -2.02. The Morgan fingerprint density at radius 3 is 3.00 bits per heavy atom. The van der Waals surface area contributed by atoms with Crippen LogP contribution < -0.4 is 5.32 Å². The van der Waals surface area contributed by atoms with Gasteiger partial charge in [-0.25, -0.2) is 9.37 Å². The van der Waals surface area contributed by atoms with Crippen LogP contribution in [0.15, 0.2) is 29.1 Å². The third-order valence-electron chi connectivity index (χ3n) is 2.41. The van der Waals surface area contributed by atoms with Crippen LogP contribution >= 0.6 is 0 Å². The zero-order chi connectivity index (χ0) is 12.3. The third-order valence-corrected chi connectivity index (χ3v) is 2.41. The Bertz CT molecular complexity index is 558. The molecule has 1 aromatic carbocycles. The predicted molar refractivity (Wildman–Crippen MR) is 59.7 cm³/mol. The molecule has 86 valence electrons. The monoisotopic (exact) mass is 231 g/mol. The molecule has 1 N–H and O–H groups in total. The average Bonchev–Trinajstić information content (AvgIpc) is 2.84. The van der Waals surface area contributed by atoms with Gasteiger partial charge in [-0.05, 0) is 19.1 Å². The molecule has 0 atom stereocenters. The number of halogens is 1. The van der Waals surface area contributed by atoms with Crippen molar-refractivity contribution < 1.29 is 8.81 Å². The highest BCUT2D eigenvalue weighted by atomic mass is 19.1. The normalized spacial score (nSPS) is 9.94. The largest absolute Gasteiger partial charge is 0.447 e. The van der Waals surface area contributed by atoms with Crippen molar-refractivity contribution in [3.05, 3.63) is 47.4 Å². The number of benzene rings is 1. The van der Waals surface area contributed by atoms with E-state index >= 15 is 0 Å². The van der Waals surface area contributed by atoms with Crippen LogP contribution in [0, 0.1) is 24.1 Å². The van der Waals surface area contributed by atoms with Gasteiger partial charge >= 0.3 is 0 Å². The van der Waals surface area contributed by atoms with Gasteiger partial charge in [0, 0.05) is 11.3 Å². The molecule has 0 bridgehead atoms. The molecule has 0 amide bonds. The van der Waals surface area contributed by atoms with Crippen molar-refractivity contribution in [1.82, 2.24) is 4.98 Å². The zero-order valence-corrected chi connectivity index (χ0v) is 9.20. The highest BCUT2D eigenvalue weighted by Crippen LogP contribution is 2.21. The number of nitrogens with zero attached hydrogens (tertiary/aromatic N) is 2. The van der Waals surface area contributed by atoms with E-state index in [1.165, 1.54) is 12.5 Å². The Labute approximate surface area is 97.7 Å². The molecule has 0 spiro atoms. The van der Waals surface area contributed by atoms with Crippen LogP contribution in [-0.4, -0.2) is 4.98 Å². The number of nitrogens with one attached hydrogen (secondary N) is 1. The van der Waals surface area contributed by atoms with Crippen molar-refractivity contribution in [3.63, 3.8) is 0 Å². The first-order valence-corrected chi connectivity index (χ1v) is 5.02. The fourth-order valence-corrected chi connectivity index (χ4v) is 1.44. The van der Waals surface area contributed by atoms with Gasteiger partial charge in [0.25, 0.3) is 0 Å². The lowest BCUT2D eigenvalue weighted by Gasteiger charge is -2.09. The van der Waals surface area contributed by atoms with Gasteiger partial charge in [0.1, 0.15) is 11.6 Å². The molecule has 0 aliphatic carbocycles. The minimum Gasteiger partial charge on any atom is -0.447 e. The standard InChI is InChI=1S/C12H10FN3O/c1-8-11(13)2-9(4-14)3-12(8)16-6-10-5-15-7-17-10/h2-3,5,7,16H,6H2,1H3. The lowest BCUT2D eigenvalue weighted by atomic mass is 10.1. The Kier molecular flexibility index (Phi) is 3.06. The van der Waals surface area contributed by atoms with Crippen molar-refractivity contribution in [2.45, 2.75) is 13.5 Å². The quantitative estimate of drug-likeness (QED) is 0.881. The first kappa shape index (κ1) is 11.1. The number of anilines is 1. The summed E-state index contributed by atoms with van der Waals surface area (Å²) in [7, 11) is 0. The summed E-state index contributed by atoms with van der Waals surface area (Å²) < 4.78 is 18.5. The van der Waals surface area contributed by atoms with Gasteiger partial charge in [-0.1, -0.05) is 0 Å². The number of aromatic nitrogens is 1. The van der Waals surface area contributed by atoms with Gasteiger partial charge in [-0.2, -0.15) is 5.26 Å². The second-order valence-corrected chi connectivity index (χ2v) is 3.56. The summed E-state index contributed by atoms with van der Waals surface area (Å²) in [6, 6.07) is 4.74. The van der Waals surface area contributed by atoms with Gasteiger partial charge in [0.05, 0.1) is 24.4 Å². The molecule has 0 aliphatic rings. The minimum atomic E-state index is -0.399. The van der Waals surface area contributed by atoms with Gasteiger partial charge in [0.15, 0.2) is 6.39 Å². The van der Waals surface area contributed by atoms with Crippen LogP contribution in [0.4, 0.5) is 10.1 Å². The molecule has 0 radical (unpaired) electrons. The topological polar surface area (TPSA) is 61.9 Å². The number of rotatable bonds is 3. The number of hydrogen-bond acceptors (Lipinski definition) is 4. The van der Waals surface area contributed by atoms with E-state index in [9.17, 15) is 4.39 Å². The molecule has 5 heteroatoms. The van der Waals surface area contributed by atoms with E-state index in [0.29, 0.717) is 23.6 Å². The SMILES string of the molecule is Cc1c(F)cc(C#N)cc1NCc1cnco1. The summed E-state index contributed by atoms with van der Waals surface area (Å²) in [4.78, 5) is 3.78. The number of hydrogen-bond donors (Lipinski definition) is 1. The van der Waals surface area contributed by atoms with Crippen molar-refractivity contribution in [1.29, 1.82) is 5.26 Å². The van der Waals surface area contributed by atoms with E-state index in [1.807, 2.05) is 6.07 Å². The summed E-state index contributed by atoms with van der Waals surface area (Å²) in [5.41, 5.74) is 1.34. The maximum atomic E-state index is 13.5. The fourth-order valence-electron chi connectivity index (χ4n) is 1.44. The van der Waals surface area contributed by atoms with Crippen LogP contribution in [0.25, 0.3) is 0 Å². The summed E-state index contributed by atoms with van der Waals surface area (Å²) in [5.74, 6) is 0.247. The third kappa shape index (κ3) is 2.42. The van der Waals surface area contributed by atoms with E-state index in [2.05, 4.69) is 10.3 Å². The molecule has 0 aliphatic heterocycles. The Morgan fingerprint density at radius 1 is 1.53 bits per heavy atom. The van der Waals surface area contributed by atoms with Crippen LogP contribution in [0.3, 0.4) is 0 Å². The summed E-state index contributed by atoms with van der Waals surface area (Å²) in [6.07, 6.45) is 2.91. The van der Waals surface area contributed by atoms with Crippen LogP contribution in [-0.2, 0) is 6.54 Å². The minimum absolute atomic E-state index is 0.285. The van der Waals surface area contributed by atoms with E-state index < -0.39 is 5.82 Å². The maximum absolute atomic E-state index is 13.5. The molecule has 0 unspecified atom stereocenters. The Balaban J connectivity index is 2.20. The summed E-state index contributed by atoms with van der Waals surface area (Å²) in [5, 5.41) is 11.8. The predicted octanol–water partition coefficient (Wildman–Crippen LogP) is 2.61. The molecule has 4 nitrogen and oxygen atoms in total. The molecule has 2 aromatic rings. The molecule has 1 heterocycles. The van der Waals surface area contributed by atoms with E-state index in [4.69, 9.17) is 9.68 Å². The second-order valence-electron chi connectivity index (χ2n) is 3.56. The van der Waals surface area contributed by atoms with E-state index in [0.717, 1.165) is 0 Å². The van der Waals surface area contributed by atoms with E-state index in [1.54, 1.807) is 19.2 Å². The molecule has 1 aromatic heterocycles. The van der Waals surface area contributed by atoms with Crippen LogP contribution in [0.1, 0.15) is 16.9 Å². The van der Waals surface area contributed by atoms with Crippen LogP contribution in [0.2, 0.25) is 0 Å². The highest BCUT2D eigenvalue weighted by Gasteiger charge is 2.07. The first-order valence-electron chi connectivity index (χ1n) is 5.02. The van der Waals surface area contributed by atoms with Crippen molar-refractivity contribution in [2.24, 2.45) is 0 Å². The van der Waals surface area contributed by atoms with Gasteiger partial charge in [0.2, 0.25) is 0 Å². The summed E-state index contributed by atoms with van der Waals surface area (Å²) in [6.45, 7) is 2.05. The van der Waals surface area contributed by atoms with Gasteiger partial charge < -0.3 is 9.73 Å². The molecular formula is C12H10FN3O. The van der Waals surface area contributed by atoms with E-state index in [-0.39, 0.29) is 5.56 Å². The second kappa shape index (κ2) is 4.66. The molecule has 17 heavy (non-hydrogen) atoms. The molecular weight excluding hydrogens is 221 g/mol. The highest BCUT2D eigenvalue weighted by molar-refractivity contribution is 5.55. The van der Waals surface area contributed by atoms with Crippen molar-refractivity contribution in [2.75, 3.05) is 5.32 Å².